The summed E-state index contributed by atoms with van der Waals surface area (Å²) in [5, 5.41) is 0. The van der Waals surface area contributed by atoms with E-state index in [4.69, 9.17) is 4.74 Å². The third-order valence-corrected chi connectivity index (χ3v) is 5.55. The van der Waals surface area contributed by atoms with Crippen molar-refractivity contribution in [2.75, 3.05) is 20.2 Å². The van der Waals surface area contributed by atoms with E-state index in [1.54, 1.807) is 13.2 Å². The van der Waals surface area contributed by atoms with Gasteiger partial charge in [0.25, 0.3) is 0 Å². The fourth-order valence-corrected chi connectivity index (χ4v) is 3.75. The fourth-order valence-electron chi connectivity index (χ4n) is 3.75. The summed E-state index contributed by atoms with van der Waals surface area (Å²) in [5.74, 6) is 0.616. The standard InChI is InChI=1S/C24H29FN2O2/c1-17-5-6-20(13-23(17)29-4)9-12-24(28)27-15-18(2)26(14-19(27)3)16-21-7-10-22(25)11-8-21/h5-13,18-19H,14-16H2,1-4H3/b12-9+/t18-,19+/m1/s1. The van der Waals surface area contributed by atoms with E-state index in [1.165, 1.54) is 12.1 Å². The average Bonchev–Trinajstić information content (AvgIpc) is 2.71. The summed E-state index contributed by atoms with van der Waals surface area (Å²) in [6.45, 7) is 8.41. The summed E-state index contributed by atoms with van der Waals surface area (Å²) >= 11 is 0. The van der Waals surface area contributed by atoms with Gasteiger partial charge in [-0.2, -0.15) is 0 Å². The van der Waals surface area contributed by atoms with Gasteiger partial charge in [-0.25, -0.2) is 4.39 Å². The number of methoxy groups -OCH3 is 1. The lowest BCUT2D eigenvalue weighted by atomic mass is 10.1. The molecule has 29 heavy (non-hydrogen) atoms. The van der Waals surface area contributed by atoms with Crippen molar-refractivity contribution in [3.05, 3.63) is 71.0 Å². The summed E-state index contributed by atoms with van der Waals surface area (Å²) in [5.41, 5.74) is 3.09. The lowest BCUT2D eigenvalue weighted by Gasteiger charge is -2.44. The number of nitrogens with zero attached hydrogens (tertiary/aromatic N) is 2. The van der Waals surface area contributed by atoms with Gasteiger partial charge < -0.3 is 9.64 Å². The van der Waals surface area contributed by atoms with Crippen LogP contribution in [0, 0.1) is 12.7 Å². The van der Waals surface area contributed by atoms with Crippen LogP contribution in [0.25, 0.3) is 6.08 Å². The Balaban J connectivity index is 1.63. The van der Waals surface area contributed by atoms with Gasteiger partial charge in [-0.15, -0.1) is 0 Å². The quantitative estimate of drug-likeness (QED) is 0.708. The maximum absolute atomic E-state index is 13.1. The smallest absolute Gasteiger partial charge is 0.246 e. The Morgan fingerprint density at radius 3 is 2.55 bits per heavy atom. The molecule has 2 aromatic rings. The predicted octanol–water partition coefficient (Wildman–Crippen LogP) is 4.28. The van der Waals surface area contributed by atoms with E-state index in [0.29, 0.717) is 6.54 Å². The molecule has 1 amide bonds. The normalized spacial score (nSPS) is 20.2. The number of rotatable bonds is 5. The highest BCUT2D eigenvalue weighted by Crippen LogP contribution is 2.21. The molecule has 2 atom stereocenters. The summed E-state index contributed by atoms with van der Waals surface area (Å²) in [4.78, 5) is 17.1. The Labute approximate surface area is 172 Å². The third kappa shape index (κ3) is 5.24. The zero-order chi connectivity index (χ0) is 21.0. The number of amides is 1. The van der Waals surface area contributed by atoms with Gasteiger partial charge in [-0.05, 0) is 61.7 Å². The maximum atomic E-state index is 13.1. The van der Waals surface area contributed by atoms with Crippen LogP contribution in [0.15, 0.2) is 48.5 Å². The van der Waals surface area contributed by atoms with E-state index in [2.05, 4.69) is 18.7 Å². The van der Waals surface area contributed by atoms with Gasteiger partial charge in [0.1, 0.15) is 11.6 Å². The van der Waals surface area contributed by atoms with Crippen molar-refractivity contribution in [3.8, 4) is 5.75 Å². The molecule has 3 rings (SSSR count). The first kappa shape index (κ1) is 21.1. The largest absolute Gasteiger partial charge is 0.496 e. The van der Waals surface area contributed by atoms with E-state index < -0.39 is 0 Å². The molecule has 1 saturated heterocycles. The SMILES string of the molecule is COc1cc(/C=C/C(=O)N2C[C@@H](C)N(Cc3ccc(F)cc3)C[C@@H]2C)ccc1C. The lowest BCUT2D eigenvalue weighted by molar-refractivity contribution is -0.131. The minimum absolute atomic E-state index is 0.0188. The molecule has 1 fully saturated rings. The fraction of sp³-hybridized carbons (Fsp3) is 0.375. The average molecular weight is 397 g/mol. The van der Waals surface area contributed by atoms with Gasteiger partial charge >= 0.3 is 0 Å². The zero-order valence-electron chi connectivity index (χ0n) is 17.6. The summed E-state index contributed by atoms with van der Waals surface area (Å²) in [6, 6.07) is 12.9. The van der Waals surface area contributed by atoms with E-state index in [1.807, 2.05) is 48.2 Å². The summed E-state index contributed by atoms with van der Waals surface area (Å²) < 4.78 is 18.5. The van der Waals surface area contributed by atoms with Crippen molar-refractivity contribution in [3.63, 3.8) is 0 Å². The van der Waals surface area contributed by atoms with E-state index in [9.17, 15) is 9.18 Å². The number of carbonyl (C=O) groups is 1. The first-order valence-corrected chi connectivity index (χ1v) is 9.99. The molecular weight excluding hydrogens is 367 g/mol. The number of benzene rings is 2. The predicted molar refractivity (Wildman–Crippen MR) is 114 cm³/mol. The Hall–Kier alpha value is -2.66. The van der Waals surface area contributed by atoms with E-state index in [-0.39, 0.29) is 23.8 Å². The van der Waals surface area contributed by atoms with Gasteiger partial charge in [0, 0.05) is 37.8 Å². The number of aryl methyl sites for hydroxylation is 1. The van der Waals surface area contributed by atoms with Crippen LogP contribution in [-0.2, 0) is 11.3 Å². The van der Waals surface area contributed by atoms with Crippen molar-refractivity contribution >= 4 is 12.0 Å². The minimum atomic E-state index is -0.219. The first-order valence-electron chi connectivity index (χ1n) is 9.99. The van der Waals surface area contributed by atoms with Crippen LogP contribution >= 0.6 is 0 Å². The van der Waals surface area contributed by atoms with Gasteiger partial charge in [0.05, 0.1) is 7.11 Å². The second-order valence-corrected chi connectivity index (χ2v) is 7.81. The number of hydrogen-bond donors (Lipinski definition) is 0. The van der Waals surface area contributed by atoms with Crippen molar-refractivity contribution in [2.45, 2.75) is 39.4 Å². The number of carbonyl (C=O) groups excluding carboxylic acids is 1. The second-order valence-electron chi connectivity index (χ2n) is 7.81. The number of ether oxygens (including phenoxy) is 1. The number of piperazine rings is 1. The van der Waals surface area contributed by atoms with Crippen LogP contribution in [0.1, 0.15) is 30.5 Å². The molecule has 0 spiro atoms. The van der Waals surface area contributed by atoms with Crippen LogP contribution in [0.2, 0.25) is 0 Å². The topological polar surface area (TPSA) is 32.8 Å². The van der Waals surface area contributed by atoms with Crippen LogP contribution in [0.4, 0.5) is 4.39 Å². The Bertz CT molecular complexity index is 879. The highest BCUT2D eigenvalue weighted by atomic mass is 19.1. The third-order valence-electron chi connectivity index (χ3n) is 5.55. The van der Waals surface area contributed by atoms with Gasteiger partial charge in [0.15, 0.2) is 0 Å². The molecule has 1 heterocycles. The molecule has 0 saturated carbocycles. The molecule has 0 bridgehead atoms. The molecule has 0 unspecified atom stereocenters. The van der Waals surface area contributed by atoms with E-state index in [0.717, 1.165) is 35.5 Å². The summed E-state index contributed by atoms with van der Waals surface area (Å²) in [6.07, 6.45) is 3.48. The van der Waals surface area contributed by atoms with Crippen molar-refractivity contribution in [1.82, 2.24) is 9.80 Å². The Morgan fingerprint density at radius 2 is 1.86 bits per heavy atom. The van der Waals surface area contributed by atoms with Gasteiger partial charge in [-0.3, -0.25) is 9.69 Å². The second kappa shape index (κ2) is 9.23. The lowest BCUT2D eigenvalue weighted by Crippen LogP contribution is -2.57. The molecule has 0 aliphatic carbocycles. The Morgan fingerprint density at radius 1 is 1.14 bits per heavy atom. The molecule has 154 valence electrons. The number of halogens is 1. The summed E-state index contributed by atoms with van der Waals surface area (Å²) in [7, 11) is 1.65. The number of hydrogen-bond acceptors (Lipinski definition) is 3. The first-order chi connectivity index (χ1) is 13.9. The molecule has 0 radical (unpaired) electrons. The van der Waals surface area contributed by atoms with Crippen LogP contribution in [0.3, 0.4) is 0 Å². The molecule has 0 aromatic heterocycles. The minimum Gasteiger partial charge on any atom is -0.496 e. The van der Waals surface area contributed by atoms with E-state index >= 15 is 0 Å². The molecule has 2 aromatic carbocycles. The molecule has 0 N–H and O–H groups in total. The van der Waals surface area contributed by atoms with Crippen LogP contribution in [-0.4, -0.2) is 48.0 Å². The highest BCUT2D eigenvalue weighted by Gasteiger charge is 2.30. The van der Waals surface area contributed by atoms with Gasteiger partial charge in [0.2, 0.25) is 5.91 Å². The van der Waals surface area contributed by atoms with Crippen molar-refractivity contribution in [2.24, 2.45) is 0 Å². The highest BCUT2D eigenvalue weighted by molar-refractivity contribution is 5.92. The molecule has 4 nitrogen and oxygen atoms in total. The maximum Gasteiger partial charge on any atom is 0.246 e. The monoisotopic (exact) mass is 396 g/mol. The van der Waals surface area contributed by atoms with Gasteiger partial charge in [-0.1, -0.05) is 24.3 Å². The molecular formula is C24H29FN2O2. The van der Waals surface area contributed by atoms with Crippen molar-refractivity contribution in [1.29, 1.82) is 0 Å². The Kier molecular flexibility index (Phi) is 6.70. The molecule has 1 aliphatic heterocycles. The zero-order valence-corrected chi connectivity index (χ0v) is 17.6. The van der Waals surface area contributed by atoms with Crippen LogP contribution < -0.4 is 4.74 Å². The molecule has 5 heteroatoms. The van der Waals surface area contributed by atoms with Crippen molar-refractivity contribution < 1.29 is 13.9 Å². The van der Waals surface area contributed by atoms with Crippen LogP contribution in [0.5, 0.6) is 5.75 Å². The molecule has 1 aliphatic rings.